The molecule has 49 heavy (non-hydrogen) atoms. The standard InChI is InChI=1S/C46H36N2O/c1-45(2)35-17-8-7-16-33(35)34-25-23-30(27-38(34)45)47(39-20-11-14-29-13-5-6-15-32(29)39)31-24-26-36-41(28-31)48-40-19-9-10-21-42(40)49-43-22-12-18-37(44(43)48)46(36,3)4/h5-28H,1-4H3. The van der Waals surface area contributed by atoms with E-state index in [1.54, 1.807) is 0 Å². The Labute approximate surface area is 287 Å². The van der Waals surface area contributed by atoms with Gasteiger partial charge in [-0.2, -0.15) is 0 Å². The molecule has 2 heterocycles. The van der Waals surface area contributed by atoms with Crippen LogP contribution in [-0.2, 0) is 10.8 Å². The van der Waals surface area contributed by atoms with Crippen molar-refractivity contribution < 1.29 is 4.74 Å². The Morgan fingerprint density at radius 3 is 2.06 bits per heavy atom. The fourth-order valence-corrected chi connectivity index (χ4v) is 8.74. The molecule has 7 aromatic rings. The zero-order valence-corrected chi connectivity index (χ0v) is 28.2. The second-order valence-corrected chi connectivity index (χ2v) is 14.6. The van der Waals surface area contributed by atoms with Crippen LogP contribution in [0.1, 0.15) is 49.9 Å². The summed E-state index contributed by atoms with van der Waals surface area (Å²) >= 11 is 0. The fourth-order valence-electron chi connectivity index (χ4n) is 8.74. The lowest BCUT2D eigenvalue weighted by Crippen LogP contribution is -2.32. The first-order valence-electron chi connectivity index (χ1n) is 17.2. The van der Waals surface area contributed by atoms with Crippen molar-refractivity contribution in [2.75, 3.05) is 9.80 Å². The van der Waals surface area contributed by atoms with Gasteiger partial charge in [0.05, 0.1) is 22.7 Å². The van der Waals surface area contributed by atoms with Gasteiger partial charge in [0.25, 0.3) is 0 Å². The summed E-state index contributed by atoms with van der Waals surface area (Å²) in [6, 6.07) is 53.2. The third-order valence-corrected chi connectivity index (χ3v) is 11.2. The van der Waals surface area contributed by atoms with Crippen molar-refractivity contribution in [2.24, 2.45) is 0 Å². The van der Waals surface area contributed by atoms with Gasteiger partial charge >= 0.3 is 0 Å². The van der Waals surface area contributed by atoms with E-state index in [1.807, 2.05) is 0 Å². The molecule has 3 heteroatoms. The number of ether oxygens (including phenoxy) is 1. The Hall–Kier alpha value is -5.80. The molecule has 0 spiro atoms. The highest BCUT2D eigenvalue weighted by atomic mass is 16.5. The van der Waals surface area contributed by atoms with Crippen LogP contribution < -0.4 is 14.5 Å². The zero-order valence-electron chi connectivity index (χ0n) is 28.2. The molecule has 0 saturated heterocycles. The van der Waals surface area contributed by atoms with Crippen molar-refractivity contribution in [3.63, 3.8) is 0 Å². The molecule has 3 aliphatic rings. The highest BCUT2D eigenvalue weighted by Gasteiger charge is 2.42. The SMILES string of the molecule is CC1(C)c2ccccc2-c2ccc(N(c3ccc4c(c3)N3c5ccccc5Oc5cccc(c53)C4(C)C)c3cccc4ccccc34)cc21. The monoisotopic (exact) mass is 632 g/mol. The van der Waals surface area contributed by atoms with Gasteiger partial charge in [-0.25, -0.2) is 0 Å². The molecule has 1 aliphatic carbocycles. The van der Waals surface area contributed by atoms with Crippen molar-refractivity contribution in [1.82, 2.24) is 0 Å². The maximum atomic E-state index is 6.53. The highest BCUT2D eigenvalue weighted by Crippen LogP contribution is 2.60. The van der Waals surface area contributed by atoms with Crippen LogP contribution in [0.25, 0.3) is 21.9 Å². The van der Waals surface area contributed by atoms with Crippen LogP contribution in [0.3, 0.4) is 0 Å². The van der Waals surface area contributed by atoms with Crippen molar-refractivity contribution in [1.29, 1.82) is 0 Å². The summed E-state index contributed by atoms with van der Waals surface area (Å²) in [5, 5.41) is 2.44. The molecule has 10 rings (SSSR count). The average molecular weight is 633 g/mol. The molecule has 0 amide bonds. The van der Waals surface area contributed by atoms with Crippen LogP contribution in [0.2, 0.25) is 0 Å². The molecule has 0 atom stereocenters. The van der Waals surface area contributed by atoms with Gasteiger partial charge in [0.15, 0.2) is 11.5 Å². The van der Waals surface area contributed by atoms with Crippen LogP contribution in [0.5, 0.6) is 11.5 Å². The lowest BCUT2D eigenvalue weighted by Gasteiger charge is -2.45. The fraction of sp³-hybridized carbons (Fsp3) is 0.130. The van der Waals surface area contributed by atoms with E-state index >= 15 is 0 Å². The predicted octanol–water partition coefficient (Wildman–Crippen LogP) is 12.8. The molecular weight excluding hydrogens is 597 g/mol. The van der Waals surface area contributed by atoms with Crippen molar-refractivity contribution in [2.45, 2.75) is 38.5 Å². The normalized spacial score (nSPS) is 15.4. The summed E-state index contributed by atoms with van der Waals surface area (Å²) in [7, 11) is 0. The van der Waals surface area contributed by atoms with Gasteiger partial charge in [-0.1, -0.05) is 125 Å². The molecule has 0 fully saturated rings. The van der Waals surface area contributed by atoms with Gasteiger partial charge in [0, 0.05) is 27.6 Å². The van der Waals surface area contributed by atoms with E-state index in [0.717, 1.165) is 39.9 Å². The molecule has 0 bridgehead atoms. The molecule has 0 aromatic heterocycles. The molecule has 236 valence electrons. The van der Waals surface area contributed by atoms with E-state index in [9.17, 15) is 0 Å². The molecule has 2 aliphatic heterocycles. The molecule has 0 N–H and O–H groups in total. The van der Waals surface area contributed by atoms with E-state index in [2.05, 4.69) is 183 Å². The van der Waals surface area contributed by atoms with Gasteiger partial charge < -0.3 is 14.5 Å². The van der Waals surface area contributed by atoms with Gasteiger partial charge in [-0.3, -0.25) is 0 Å². The maximum Gasteiger partial charge on any atom is 0.151 e. The number of nitrogens with zero attached hydrogens (tertiary/aromatic N) is 2. The first-order chi connectivity index (χ1) is 23.8. The third-order valence-electron chi connectivity index (χ3n) is 11.2. The van der Waals surface area contributed by atoms with E-state index in [4.69, 9.17) is 4.74 Å². The third kappa shape index (κ3) is 3.84. The quantitative estimate of drug-likeness (QED) is 0.193. The van der Waals surface area contributed by atoms with E-state index < -0.39 is 0 Å². The number of para-hydroxylation sites is 3. The average Bonchev–Trinajstić information content (AvgIpc) is 3.35. The maximum absolute atomic E-state index is 6.53. The van der Waals surface area contributed by atoms with Crippen LogP contribution in [0.15, 0.2) is 146 Å². The summed E-state index contributed by atoms with van der Waals surface area (Å²) in [6.07, 6.45) is 0. The van der Waals surface area contributed by atoms with Gasteiger partial charge in [-0.05, 0) is 87.3 Å². The van der Waals surface area contributed by atoms with Crippen molar-refractivity contribution in [3.8, 4) is 22.6 Å². The van der Waals surface area contributed by atoms with E-state index in [0.29, 0.717) is 0 Å². The highest BCUT2D eigenvalue weighted by molar-refractivity contribution is 6.01. The summed E-state index contributed by atoms with van der Waals surface area (Å²) < 4.78 is 6.53. The Morgan fingerprint density at radius 2 is 1.14 bits per heavy atom. The Morgan fingerprint density at radius 1 is 0.490 bits per heavy atom. The number of anilines is 6. The Bertz CT molecular complexity index is 2500. The second kappa shape index (κ2) is 9.87. The summed E-state index contributed by atoms with van der Waals surface area (Å²) in [6.45, 7) is 9.38. The van der Waals surface area contributed by atoms with E-state index in [1.165, 1.54) is 49.8 Å². The van der Waals surface area contributed by atoms with Crippen molar-refractivity contribution >= 4 is 44.9 Å². The number of hydrogen-bond donors (Lipinski definition) is 0. The minimum absolute atomic E-state index is 0.107. The smallest absolute Gasteiger partial charge is 0.151 e. The molecular formula is C46H36N2O. The Kier molecular flexibility index (Phi) is 5.69. The van der Waals surface area contributed by atoms with Crippen LogP contribution >= 0.6 is 0 Å². The molecule has 0 radical (unpaired) electrons. The first kappa shape index (κ1) is 28.2. The van der Waals surface area contributed by atoms with Crippen LogP contribution in [-0.4, -0.2) is 0 Å². The lowest BCUT2D eigenvalue weighted by atomic mass is 9.73. The number of benzene rings is 7. The minimum Gasteiger partial charge on any atom is -0.453 e. The summed E-state index contributed by atoms with van der Waals surface area (Å²) in [4.78, 5) is 4.89. The lowest BCUT2D eigenvalue weighted by molar-refractivity contribution is 0.471. The first-order valence-corrected chi connectivity index (χ1v) is 17.2. The largest absolute Gasteiger partial charge is 0.453 e. The second-order valence-electron chi connectivity index (χ2n) is 14.6. The number of hydrogen-bond acceptors (Lipinski definition) is 3. The topological polar surface area (TPSA) is 15.7 Å². The number of fused-ring (bicyclic) bond motifs is 8. The Balaban J connectivity index is 1.23. The molecule has 3 nitrogen and oxygen atoms in total. The zero-order chi connectivity index (χ0) is 33.1. The predicted molar refractivity (Wildman–Crippen MR) is 203 cm³/mol. The van der Waals surface area contributed by atoms with Crippen molar-refractivity contribution in [3.05, 3.63) is 168 Å². The summed E-state index contributed by atoms with van der Waals surface area (Å²) in [5.74, 6) is 1.76. The van der Waals surface area contributed by atoms with Gasteiger partial charge in [0.1, 0.15) is 0 Å². The van der Waals surface area contributed by atoms with Crippen LogP contribution in [0.4, 0.5) is 34.1 Å². The van der Waals surface area contributed by atoms with Gasteiger partial charge in [0.2, 0.25) is 0 Å². The molecule has 0 unspecified atom stereocenters. The minimum atomic E-state index is -0.223. The number of rotatable bonds is 3. The molecule has 7 aromatic carbocycles. The van der Waals surface area contributed by atoms with Gasteiger partial charge in [-0.15, -0.1) is 0 Å². The summed E-state index contributed by atoms with van der Waals surface area (Å²) in [5.41, 5.74) is 14.4. The molecule has 0 saturated carbocycles. The van der Waals surface area contributed by atoms with Crippen LogP contribution in [0, 0.1) is 0 Å². The van der Waals surface area contributed by atoms with E-state index in [-0.39, 0.29) is 10.8 Å².